The second-order valence-electron chi connectivity index (χ2n) is 5.25. The molecule has 8 nitrogen and oxygen atoms in total. The van der Waals surface area contributed by atoms with Gasteiger partial charge in [-0.2, -0.15) is 0 Å². The van der Waals surface area contributed by atoms with Crippen molar-refractivity contribution < 1.29 is 13.2 Å². The van der Waals surface area contributed by atoms with E-state index in [1.807, 2.05) is 18.4 Å². The van der Waals surface area contributed by atoms with Crippen molar-refractivity contribution in [3.05, 3.63) is 29.7 Å². The van der Waals surface area contributed by atoms with E-state index < -0.39 is 10.0 Å². The molecule has 0 aliphatic rings. The molecule has 0 atom stereocenters. The fraction of sp³-hybridized carbons (Fsp3) is 0.462. The number of amides is 1. The Labute approximate surface area is 139 Å². The summed E-state index contributed by atoms with van der Waals surface area (Å²) >= 11 is 1.10. The third kappa shape index (κ3) is 4.36. The number of rotatable bonds is 7. The molecule has 0 aliphatic heterocycles. The lowest BCUT2D eigenvalue weighted by Crippen LogP contribution is -2.38. The van der Waals surface area contributed by atoms with Crippen molar-refractivity contribution in [3.63, 3.8) is 0 Å². The number of thiophene rings is 1. The molecule has 2 aromatic heterocycles. The van der Waals surface area contributed by atoms with Crippen molar-refractivity contribution in [2.24, 2.45) is 0 Å². The van der Waals surface area contributed by atoms with Crippen molar-refractivity contribution in [2.45, 2.75) is 30.6 Å². The van der Waals surface area contributed by atoms with Crippen LogP contribution in [0.3, 0.4) is 0 Å². The Kier molecular flexibility index (Phi) is 5.50. The second-order valence-corrected chi connectivity index (χ2v) is 8.20. The third-order valence-electron chi connectivity index (χ3n) is 3.18. The molecule has 0 aliphatic carbocycles. The molecular weight excluding hydrogens is 338 g/mol. The maximum atomic E-state index is 12.1. The molecule has 2 rings (SSSR count). The second kappa shape index (κ2) is 7.20. The van der Waals surface area contributed by atoms with E-state index in [0.29, 0.717) is 5.82 Å². The molecule has 0 spiro atoms. The highest BCUT2D eigenvalue weighted by molar-refractivity contribution is 7.91. The summed E-state index contributed by atoms with van der Waals surface area (Å²) in [6, 6.07) is 3.32. The lowest BCUT2D eigenvalue weighted by Gasteiger charge is -2.18. The van der Waals surface area contributed by atoms with Gasteiger partial charge in [-0.25, -0.2) is 13.1 Å². The molecule has 10 heteroatoms. The number of nitrogens with one attached hydrogen (secondary N) is 1. The van der Waals surface area contributed by atoms with Crippen molar-refractivity contribution >= 4 is 27.3 Å². The van der Waals surface area contributed by atoms with Crippen LogP contribution in [0, 0.1) is 0 Å². The molecule has 0 saturated heterocycles. The van der Waals surface area contributed by atoms with Gasteiger partial charge in [0, 0.05) is 13.1 Å². The van der Waals surface area contributed by atoms with Crippen LogP contribution in [0.15, 0.2) is 28.0 Å². The smallest absolute Gasteiger partial charge is 0.250 e. The Hall–Kier alpha value is -1.78. The minimum Gasteiger partial charge on any atom is -0.337 e. The Balaban J connectivity index is 1.94. The van der Waals surface area contributed by atoms with Crippen molar-refractivity contribution in [1.82, 2.24) is 24.4 Å². The fourth-order valence-electron chi connectivity index (χ4n) is 1.89. The van der Waals surface area contributed by atoms with E-state index in [2.05, 4.69) is 14.9 Å². The van der Waals surface area contributed by atoms with Crippen LogP contribution in [0.4, 0.5) is 0 Å². The number of sulfonamides is 1. The summed E-state index contributed by atoms with van der Waals surface area (Å²) in [6.07, 6.45) is 1.61. The first-order chi connectivity index (χ1) is 10.8. The molecule has 0 aromatic carbocycles. The third-order valence-corrected chi connectivity index (χ3v) is 5.98. The highest BCUT2D eigenvalue weighted by Gasteiger charge is 2.19. The molecule has 0 unspecified atom stereocenters. The van der Waals surface area contributed by atoms with Gasteiger partial charge < -0.3 is 9.47 Å². The van der Waals surface area contributed by atoms with Gasteiger partial charge in [0.2, 0.25) is 5.91 Å². The van der Waals surface area contributed by atoms with Crippen LogP contribution in [0.25, 0.3) is 0 Å². The van der Waals surface area contributed by atoms with Gasteiger partial charge in [-0.05, 0) is 25.3 Å². The summed E-state index contributed by atoms with van der Waals surface area (Å²) < 4.78 is 28.3. The highest BCUT2D eigenvalue weighted by atomic mass is 32.2. The van der Waals surface area contributed by atoms with E-state index in [1.54, 1.807) is 24.8 Å². The van der Waals surface area contributed by atoms with Crippen LogP contribution in [0.1, 0.15) is 25.7 Å². The zero-order valence-electron chi connectivity index (χ0n) is 13.1. The normalized spacial score (nSPS) is 11.8. The molecule has 0 bridgehead atoms. The summed E-state index contributed by atoms with van der Waals surface area (Å²) in [5.41, 5.74) is 0. The van der Waals surface area contributed by atoms with Crippen molar-refractivity contribution in [3.8, 4) is 0 Å². The van der Waals surface area contributed by atoms with E-state index in [-0.39, 0.29) is 29.2 Å². The van der Waals surface area contributed by atoms with Gasteiger partial charge in [0.15, 0.2) is 5.82 Å². The maximum Gasteiger partial charge on any atom is 0.250 e. The first-order valence-corrected chi connectivity index (χ1v) is 9.33. The Morgan fingerprint density at radius 1 is 1.48 bits per heavy atom. The SMILES string of the molecule is CC(C)n1cnnc1CN(C)C(=O)CNS(=O)(=O)c1cccs1. The zero-order chi connectivity index (χ0) is 17.0. The number of carbonyl (C=O) groups excluding carboxylic acids is 1. The predicted molar refractivity (Wildman–Crippen MR) is 86.4 cm³/mol. The van der Waals surface area contributed by atoms with Crippen molar-refractivity contribution in [1.29, 1.82) is 0 Å². The van der Waals surface area contributed by atoms with Crippen LogP contribution in [-0.4, -0.2) is 47.6 Å². The van der Waals surface area contributed by atoms with E-state index >= 15 is 0 Å². The van der Waals surface area contributed by atoms with Gasteiger partial charge >= 0.3 is 0 Å². The maximum absolute atomic E-state index is 12.1. The lowest BCUT2D eigenvalue weighted by atomic mass is 10.3. The summed E-state index contributed by atoms with van der Waals surface area (Å²) in [5, 5.41) is 9.50. The standard InChI is InChI=1S/C13H19N5O3S2/c1-10(2)18-9-14-16-11(18)8-17(3)12(19)7-15-23(20,21)13-5-4-6-22-13/h4-6,9-10,15H,7-8H2,1-3H3. The molecule has 126 valence electrons. The van der Waals surface area contributed by atoms with Gasteiger partial charge in [-0.15, -0.1) is 21.5 Å². The Bertz CT molecular complexity index is 752. The van der Waals surface area contributed by atoms with Crippen molar-refractivity contribution in [2.75, 3.05) is 13.6 Å². The van der Waals surface area contributed by atoms with Crippen LogP contribution in [0.2, 0.25) is 0 Å². The van der Waals surface area contributed by atoms with Crippen LogP contribution >= 0.6 is 11.3 Å². The largest absolute Gasteiger partial charge is 0.337 e. The lowest BCUT2D eigenvalue weighted by molar-refractivity contribution is -0.129. The molecule has 0 radical (unpaired) electrons. The Morgan fingerprint density at radius 3 is 2.83 bits per heavy atom. The minimum absolute atomic E-state index is 0.181. The predicted octanol–water partition coefficient (Wildman–Crippen LogP) is 0.857. The number of hydrogen-bond acceptors (Lipinski definition) is 6. The summed E-state index contributed by atoms with van der Waals surface area (Å²) in [7, 11) is -2.04. The minimum atomic E-state index is -3.64. The summed E-state index contributed by atoms with van der Waals surface area (Å²) in [5.74, 6) is 0.306. The van der Waals surface area contributed by atoms with E-state index in [4.69, 9.17) is 0 Å². The zero-order valence-corrected chi connectivity index (χ0v) is 14.8. The molecule has 2 aromatic rings. The monoisotopic (exact) mass is 357 g/mol. The van der Waals surface area contributed by atoms with Gasteiger partial charge in [-0.3, -0.25) is 4.79 Å². The molecule has 1 N–H and O–H groups in total. The number of hydrogen-bond donors (Lipinski definition) is 1. The first kappa shape index (κ1) is 17.6. The van der Waals surface area contributed by atoms with Gasteiger partial charge in [0.05, 0.1) is 13.1 Å². The average molecular weight is 357 g/mol. The van der Waals surface area contributed by atoms with Gasteiger partial charge in [-0.1, -0.05) is 6.07 Å². The van der Waals surface area contributed by atoms with Crippen LogP contribution < -0.4 is 4.72 Å². The first-order valence-electron chi connectivity index (χ1n) is 6.97. The average Bonchev–Trinajstić information content (AvgIpc) is 3.15. The highest BCUT2D eigenvalue weighted by Crippen LogP contribution is 2.15. The van der Waals surface area contributed by atoms with Gasteiger partial charge in [0.25, 0.3) is 10.0 Å². The number of carbonyl (C=O) groups is 1. The summed E-state index contributed by atoms with van der Waals surface area (Å²) in [6.45, 7) is 3.94. The molecule has 0 fully saturated rings. The molecule has 1 amide bonds. The van der Waals surface area contributed by atoms with E-state index in [9.17, 15) is 13.2 Å². The Morgan fingerprint density at radius 2 is 2.22 bits per heavy atom. The number of aromatic nitrogens is 3. The van der Waals surface area contributed by atoms with Crippen LogP contribution in [-0.2, 0) is 21.4 Å². The number of likely N-dealkylation sites (N-methyl/N-ethyl adjacent to an activating group) is 1. The molecular formula is C13H19N5O3S2. The topological polar surface area (TPSA) is 97.2 Å². The fourth-order valence-corrected chi connectivity index (χ4v) is 3.90. The quantitative estimate of drug-likeness (QED) is 0.792. The van der Waals surface area contributed by atoms with Gasteiger partial charge in [0.1, 0.15) is 10.5 Å². The number of nitrogens with zero attached hydrogens (tertiary/aromatic N) is 4. The van der Waals surface area contributed by atoms with E-state index in [1.165, 1.54) is 11.0 Å². The van der Waals surface area contributed by atoms with Crippen LogP contribution in [0.5, 0.6) is 0 Å². The molecule has 2 heterocycles. The molecule has 23 heavy (non-hydrogen) atoms. The summed E-state index contributed by atoms with van der Waals surface area (Å²) in [4.78, 5) is 13.5. The van der Waals surface area contributed by atoms with E-state index in [0.717, 1.165) is 11.3 Å². The molecule has 0 saturated carbocycles.